The maximum atomic E-state index is 12.8. The van der Waals surface area contributed by atoms with Crippen LogP contribution in [0, 0.1) is 22.0 Å². The number of nitro benzene ring substituents is 1. The Morgan fingerprint density at radius 1 is 1.21 bits per heavy atom. The van der Waals surface area contributed by atoms with Gasteiger partial charge in [-0.15, -0.1) is 0 Å². The fourth-order valence-corrected chi connectivity index (χ4v) is 3.34. The summed E-state index contributed by atoms with van der Waals surface area (Å²) in [5.74, 6) is -6.87. The molecule has 2 N–H and O–H groups in total. The Balaban J connectivity index is 2.02. The van der Waals surface area contributed by atoms with Crippen molar-refractivity contribution >= 4 is 40.9 Å². The number of ketones is 1. The van der Waals surface area contributed by atoms with Crippen molar-refractivity contribution in [2.24, 2.45) is 11.8 Å². The van der Waals surface area contributed by atoms with Gasteiger partial charge >= 0.3 is 23.6 Å². The zero-order chi connectivity index (χ0) is 25.6. The summed E-state index contributed by atoms with van der Waals surface area (Å²) in [6.07, 6.45) is 0. The summed E-state index contributed by atoms with van der Waals surface area (Å²) < 4.78 is 9.25. The van der Waals surface area contributed by atoms with E-state index in [0.29, 0.717) is 5.56 Å². The highest BCUT2D eigenvalue weighted by Crippen LogP contribution is 2.26. The van der Waals surface area contributed by atoms with E-state index in [9.17, 15) is 39.6 Å². The number of amides is 2. The number of nitrogens with one attached hydrogen (secondary N) is 2. The molecule has 1 fully saturated rings. The Bertz CT molecular complexity index is 1080. The first-order chi connectivity index (χ1) is 16.0. The number of esters is 2. The first-order valence-electron chi connectivity index (χ1n) is 9.87. The second-order valence-corrected chi connectivity index (χ2v) is 7.42. The van der Waals surface area contributed by atoms with Crippen LogP contribution in [0.25, 0.3) is 5.53 Å². The molecule has 180 valence electrons. The van der Waals surface area contributed by atoms with Gasteiger partial charge in [0.2, 0.25) is 5.91 Å². The van der Waals surface area contributed by atoms with Gasteiger partial charge in [-0.2, -0.15) is 4.79 Å². The first-order valence-corrected chi connectivity index (χ1v) is 9.87. The predicted octanol–water partition coefficient (Wildman–Crippen LogP) is -0.694. The fourth-order valence-electron chi connectivity index (χ4n) is 3.34. The molecule has 2 rings (SSSR count). The predicted molar refractivity (Wildman–Crippen MR) is 111 cm³/mol. The van der Waals surface area contributed by atoms with Crippen molar-refractivity contribution in [3.05, 3.63) is 45.5 Å². The van der Waals surface area contributed by atoms with E-state index in [1.165, 1.54) is 38.1 Å². The number of carbonyl (C=O) groups is 5. The largest absolute Gasteiger partial charge is 0.462 e. The van der Waals surface area contributed by atoms with Crippen LogP contribution in [0.3, 0.4) is 0 Å². The molecule has 1 aliphatic rings. The molecule has 1 aliphatic heterocycles. The van der Waals surface area contributed by atoms with Crippen LogP contribution in [0.2, 0.25) is 0 Å². The van der Waals surface area contributed by atoms with Gasteiger partial charge in [0.15, 0.2) is 0 Å². The summed E-state index contributed by atoms with van der Waals surface area (Å²) in [6.45, 7) is 2.48. The number of benzene rings is 1. The highest BCUT2D eigenvalue weighted by Gasteiger charge is 2.51. The molecule has 0 spiro atoms. The fraction of sp³-hybridized carbons (Fsp3) is 0.400. The molecule has 34 heavy (non-hydrogen) atoms. The Hall–Kier alpha value is -4.45. The third-order valence-corrected chi connectivity index (χ3v) is 5.26. The molecule has 1 aromatic rings. The lowest BCUT2D eigenvalue weighted by Gasteiger charge is -2.42. The Morgan fingerprint density at radius 3 is 2.32 bits per heavy atom. The van der Waals surface area contributed by atoms with Crippen LogP contribution < -0.4 is 10.6 Å². The van der Waals surface area contributed by atoms with Gasteiger partial charge in [0.25, 0.3) is 11.5 Å². The lowest BCUT2D eigenvalue weighted by molar-refractivity contribution is -0.384. The van der Waals surface area contributed by atoms with Crippen molar-refractivity contribution in [3.8, 4) is 0 Å². The highest BCUT2D eigenvalue weighted by molar-refractivity contribution is 6.62. The van der Waals surface area contributed by atoms with E-state index in [4.69, 9.17) is 4.74 Å². The Morgan fingerprint density at radius 2 is 1.82 bits per heavy atom. The van der Waals surface area contributed by atoms with Crippen molar-refractivity contribution in [2.75, 3.05) is 7.11 Å². The Labute approximate surface area is 192 Å². The topological polar surface area (TPSA) is 207 Å². The number of nitrogens with zero attached hydrogens (tertiary/aromatic N) is 3. The van der Waals surface area contributed by atoms with Crippen LogP contribution in [0.15, 0.2) is 24.3 Å². The number of hydrogen-bond acceptors (Lipinski definition) is 9. The molecular formula is C20H21N5O9. The summed E-state index contributed by atoms with van der Waals surface area (Å²) in [6, 6.07) is 3.42. The molecule has 0 aromatic heterocycles. The van der Waals surface area contributed by atoms with Gasteiger partial charge in [-0.25, -0.2) is 9.59 Å². The molecular weight excluding hydrogens is 454 g/mol. The van der Waals surface area contributed by atoms with Crippen LogP contribution >= 0.6 is 0 Å². The minimum Gasteiger partial charge on any atom is -0.462 e. The molecule has 14 heteroatoms. The molecule has 2 amide bonds. The molecule has 0 radical (unpaired) electrons. The summed E-state index contributed by atoms with van der Waals surface area (Å²) in [7, 11) is 1.02. The number of β-lactam (4-membered cyclic amide) rings is 1. The smallest absolute Gasteiger partial charge is 0.441 e. The molecule has 4 atom stereocenters. The van der Waals surface area contributed by atoms with E-state index < -0.39 is 64.1 Å². The van der Waals surface area contributed by atoms with Crippen molar-refractivity contribution < 1.29 is 43.2 Å². The number of carbonyl (C=O) groups excluding carboxylic acids is 5. The lowest BCUT2D eigenvalue weighted by atomic mass is 9.75. The number of methoxy groups -OCH3 is 1. The first kappa shape index (κ1) is 25.8. The van der Waals surface area contributed by atoms with E-state index in [0.717, 1.165) is 7.11 Å². The van der Waals surface area contributed by atoms with E-state index in [1.807, 2.05) is 0 Å². The summed E-state index contributed by atoms with van der Waals surface area (Å²) >= 11 is 0. The third kappa shape index (κ3) is 5.66. The van der Waals surface area contributed by atoms with Crippen molar-refractivity contribution in [3.63, 3.8) is 0 Å². The number of non-ortho nitro benzene ring substituents is 1. The molecule has 1 saturated heterocycles. The normalized spacial score (nSPS) is 18.1. The highest BCUT2D eigenvalue weighted by atomic mass is 16.6. The summed E-state index contributed by atoms with van der Waals surface area (Å²) in [5, 5.41) is 15.5. The minimum atomic E-state index is -1.24. The van der Waals surface area contributed by atoms with E-state index >= 15 is 0 Å². The van der Waals surface area contributed by atoms with Gasteiger partial charge < -0.3 is 25.6 Å². The number of nitro groups is 1. The van der Waals surface area contributed by atoms with Crippen molar-refractivity contribution in [1.82, 2.24) is 10.6 Å². The van der Waals surface area contributed by atoms with Gasteiger partial charge in [0, 0.05) is 24.1 Å². The average Bonchev–Trinajstić information content (AvgIpc) is 2.80. The van der Waals surface area contributed by atoms with Crippen LogP contribution in [0.5, 0.6) is 0 Å². The summed E-state index contributed by atoms with van der Waals surface area (Å²) in [5.41, 5.74) is 8.52. The quantitative estimate of drug-likeness (QED) is 0.0532. The van der Waals surface area contributed by atoms with E-state index in [-0.39, 0.29) is 12.3 Å². The molecule has 1 aromatic carbocycles. The van der Waals surface area contributed by atoms with Gasteiger partial charge in [-0.3, -0.25) is 24.5 Å². The van der Waals surface area contributed by atoms with Gasteiger partial charge in [0.05, 0.1) is 24.0 Å². The third-order valence-electron chi connectivity index (χ3n) is 5.26. The van der Waals surface area contributed by atoms with Crippen molar-refractivity contribution in [1.29, 1.82) is 0 Å². The monoisotopic (exact) mass is 475 g/mol. The van der Waals surface area contributed by atoms with Gasteiger partial charge in [-0.05, 0) is 24.6 Å². The second kappa shape index (κ2) is 10.9. The molecule has 0 aliphatic carbocycles. The molecule has 0 bridgehead atoms. The van der Waals surface area contributed by atoms with Crippen LogP contribution in [0.1, 0.15) is 19.4 Å². The minimum absolute atomic E-state index is 0.161. The molecule has 1 heterocycles. The standard InChI is InChI=1S/C20H21N5O9/c1-9(14-13(17(27)23-14)10(2)22-18(28)20(30)33-3)16(26)15(24-21)19(29)34-8-11-4-6-12(7-5-11)25(31)32/h4-7,9-10,13-14H,8H2,1-3H3,(H,22,28)(H,23,27)/t9-,10-,13-,14-/m1/s1. The van der Waals surface area contributed by atoms with Gasteiger partial charge in [-0.1, -0.05) is 6.92 Å². The maximum Gasteiger partial charge on any atom is 0.441 e. The number of ether oxygens (including phenoxy) is 2. The van der Waals surface area contributed by atoms with Crippen molar-refractivity contribution in [2.45, 2.75) is 32.5 Å². The maximum absolute atomic E-state index is 12.8. The van der Waals surface area contributed by atoms with E-state index in [2.05, 4.69) is 20.2 Å². The summed E-state index contributed by atoms with van der Waals surface area (Å²) in [4.78, 5) is 72.9. The van der Waals surface area contributed by atoms with Crippen LogP contribution in [-0.2, 0) is 40.1 Å². The lowest BCUT2D eigenvalue weighted by Crippen LogP contribution is -2.68. The molecule has 0 saturated carbocycles. The average molecular weight is 475 g/mol. The zero-order valence-corrected chi connectivity index (χ0v) is 18.3. The Kier molecular flexibility index (Phi) is 8.29. The number of Topliss-reactive ketones (excluding diaryl/α,β-unsaturated/α-hetero) is 1. The second-order valence-electron chi connectivity index (χ2n) is 7.42. The zero-order valence-electron chi connectivity index (χ0n) is 18.3. The van der Waals surface area contributed by atoms with Crippen LogP contribution in [0.4, 0.5) is 5.69 Å². The number of hydrogen-bond donors (Lipinski definition) is 2. The van der Waals surface area contributed by atoms with Gasteiger partial charge in [0.1, 0.15) is 6.61 Å². The SMILES string of the molecule is COC(=O)C(=O)N[C@H](C)[C@H]1C(=O)N[C@@H]1[C@@H](C)C(=O)C(=[N+]=[N-])C(=O)OCc1ccc([N+](=O)[O-])cc1. The number of rotatable bonds is 9. The van der Waals surface area contributed by atoms with E-state index in [1.54, 1.807) is 0 Å². The molecule has 14 nitrogen and oxygen atoms in total. The van der Waals surface area contributed by atoms with Crippen LogP contribution in [-0.4, -0.2) is 64.2 Å². The molecule has 0 unspecified atom stereocenters.